The molecule has 2 aliphatic rings. The summed E-state index contributed by atoms with van der Waals surface area (Å²) in [7, 11) is 0. The van der Waals surface area contributed by atoms with Gasteiger partial charge in [0, 0.05) is 29.5 Å². The highest BCUT2D eigenvalue weighted by Gasteiger charge is 2.25. The predicted molar refractivity (Wildman–Crippen MR) is 71.7 cm³/mol. The Bertz CT molecular complexity index is 652. The number of halogens is 1. The zero-order chi connectivity index (χ0) is 12.8. The van der Waals surface area contributed by atoms with E-state index in [4.69, 9.17) is 4.74 Å². The Morgan fingerprint density at radius 2 is 2.21 bits per heavy atom. The number of hydrogen-bond donors (Lipinski definition) is 1. The van der Waals surface area contributed by atoms with Crippen molar-refractivity contribution in [3.63, 3.8) is 0 Å². The number of anilines is 1. The summed E-state index contributed by atoms with van der Waals surface area (Å²) < 4.78 is 18.9. The molecule has 0 bridgehead atoms. The summed E-state index contributed by atoms with van der Waals surface area (Å²) in [4.78, 5) is 4.60. The Morgan fingerprint density at radius 3 is 3.05 bits per heavy atom. The fourth-order valence-corrected chi connectivity index (χ4v) is 2.63. The van der Waals surface area contributed by atoms with E-state index < -0.39 is 0 Å². The first-order valence-corrected chi connectivity index (χ1v) is 6.76. The van der Waals surface area contributed by atoms with E-state index in [0.29, 0.717) is 19.3 Å². The van der Waals surface area contributed by atoms with Crippen LogP contribution >= 0.6 is 0 Å². The minimum Gasteiger partial charge on any atom is -0.381 e. The first-order chi connectivity index (χ1) is 9.31. The Kier molecular flexibility index (Phi) is 2.45. The molecule has 1 aromatic carbocycles. The first-order valence-electron chi connectivity index (χ1n) is 6.76. The Labute approximate surface area is 110 Å². The molecule has 1 N–H and O–H groups in total. The monoisotopic (exact) mass is 258 g/mol. The van der Waals surface area contributed by atoms with Crippen LogP contribution in [-0.2, 0) is 17.8 Å². The van der Waals surface area contributed by atoms with Crippen molar-refractivity contribution in [2.24, 2.45) is 0 Å². The van der Waals surface area contributed by atoms with E-state index in [2.05, 4.69) is 10.3 Å². The van der Waals surface area contributed by atoms with Gasteiger partial charge in [0.05, 0.1) is 30.1 Å². The highest BCUT2D eigenvalue weighted by Crippen LogP contribution is 2.35. The molecule has 0 atom stereocenters. The molecule has 4 rings (SSSR count). The molecular weight excluding hydrogens is 243 g/mol. The van der Waals surface area contributed by atoms with Crippen LogP contribution in [0.25, 0.3) is 10.9 Å². The number of rotatable bonds is 2. The summed E-state index contributed by atoms with van der Waals surface area (Å²) in [5.41, 5.74) is 4.04. The van der Waals surface area contributed by atoms with Crippen LogP contribution in [0.3, 0.4) is 0 Å². The molecule has 0 amide bonds. The minimum atomic E-state index is -0.232. The number of fused-ring (bicyclic) bond motifs is 2. The molecule has 0 radical (unpaired) electrons. The number of ether oxygens (including phenoxy) is 1. The van der Waals surface area contributed by atoms with Gasteiger partial charge < -0.3 is 10.1 Å². The average molecular weight is 258 g/mol. The zero-order valence-electron chi connectivity index (χ0n) is 10.6. The number of pyridine rings is 1. The van der Waals surface area contributed by atoms with Crippen molar-refractivity contribution in [3.8, 4) is 0 Å². The fraction of sp³-hybridized carbons (Fsp3) is 0.400. The maximum atomic E-state index is 13.4. The van der Waals surface area contributed by atoms with Gasteiger partial charge in [0.1, 0.15) is 5.82 Å². The van der Waals surface area contributed by atoms with Gasteiger partial charge in [0.2, 0.25) is 0 Å². The molecule has 1 fully saturated rings. The molecule has 4 heteroatoms. The summed E-state index contributed by atoms with van der Waals surface area (Å²) in [6.45, 7) is 1.30. The Morgan fingerprint density at radius 1 is 1.32 bits per heavy atom. The van der Waals surface area contributed by atoms with Crippen molar-refractivity contribution in [1.29, 1.82) is 0 Å². The first kappa shape index (κ1) is 11.2. The van der Waals surface area contributed by atoms with Gasteiger partial charge in [-0.25, -0.2) is 4.39 Å². The Balaban J connectivity index is 1.96. The van der Waals surface area contributed by atoms with E-state index in [1.54, 1.807) is 0 Å². The second-order valence-corrected chi connectivity index (χ2v) is 5.29. The third-order valence-electron chi connectivity index (χ3n) is 3.79. The number of aromatic nitrogens is 1. The number of benzene rings is 1. The molecule has 0 unspecified atom stereocenters. The molecule has 1 aliphatic carbocycles. The van der Waals surface area contributed by atoms with Crippen molar-refractivity contribution in [3.05, 3.63) is 35.3 Å². The van der Waals surface area contributed by atoms with E-state index in [0.717, 1.165) is 34.3 Å². The number of nitrogens with one attached hydrogen (secondary N) is 1. The molecule has 0 spiro atoms. The van der Waals surface area contributed by atoms with Crippen LogP contribution in [0.2, 0.25) is 0 Å². The highest BCUT2D eigenvalue weighted by atomic mass is 19.1. The molecular formula is C15H15FN2O. The predicted octanol–water partition coefficient (Wildman–Crippen LogP) is 3.02. The Hall–Kier alpha value is -1.68. The summed E-state index contributed by atoms with van der Waals surface area (Å²) in [6.07, 6.45) is 3.22. The van der Waals surface area contributed by atoms with E-state index in [-0.39, 0.29) is 5.82 Å². The molecule has 2 aromatic rings. The van der Waals surface area contributed by atoms with Crippen molar-refractivity contribution in [2.45, 2.75) is 31.9 Å². The second kappa shape index (κ2) is 4.17. The van der Waals surface area contributed by atoms with E-state index >= 15 is 0 Å². The maximum Gasteiger partial charge on any atom is 0.125 e. The molecule has 1 aliphatic heterocycles. The van der Waals surface area contributed by atoms with E-state index in [1.807, 2.05) is 6.07 Å². The largest absolute Gasteiger partial charge is 0.381 e. The zero-order valence-corrected chi connectivity index (χ0v) is 10.6. The normalized spacial score (nSPS) is 18.4. The van der Waals surface area contributed by atoms with Gasteiger partial charge in [-0.15, -0.1) is 0 Å². The van der Waals surface area contributed by atoms with Crippen molar-refractivity contribution in [2.75, 3.05) is 11.9 Å². The highest BCUT2D eigenvalue weighted by molar-refractivity contribution is 5.93. The van der Waals surface area contributed by atoms with Crippen molar-refractivity contribution >= 4 is 16.6 Å². The standard InChI is InChI=1S/C15H15FN2O/c16-9-1-4-11-14(7-9)18-13-5-6-19-8-12(13)15(11)17-10-2-3-10/h1,4,7,10H,2-3,5-6,8H2,(H,17,18). The third-order valence-corrected chi connectivity index (χ3v) is 3.79. The molecule has 19 heavy (non-hydrogen) atoms. The summed E-state index contributed by atoms with van der Waals surface area (Å²) in [6, 6.07) is 5.39. The van der Waals surface area contributed by atoms with Gasteiger partial charge in [-0.2, -0.15) is 0 Å². The van der Waals surface area contributed by atoms with Gasteiger partial charge in [-0.3, -0.25) is 4.98 Å². The number of nitrogens with zero attached hydrogens (tertiary/aromatic N) is 1. The lowest BCUT2D eigenvalue weighted by atomic mass is 10.0. The van der Waals surface area contributed by atoms with Crippen LogP contribution in [0.4, 0.5) is 10.1 Å². The van der Waals surface area contributed by atoms with Gasteiger partial charge >= 0.3 is 0 Å². The molecule has 98 valence electrons. The lowest BCUT2D eigenvalue weighted by molar-refractivity contribution is 0.110. The van der Waals surface area contributed by atoms with Crippen molar-refractivity contribution < 1.29 is 9.13 Å². The summed E-state index contributed by atoms with van der Waals surface area (Å²) >= 11 is 0. The van der Waals surface area contributed by atoms with Crippen molar-refractivity contribution in [1.82, 2.24) is 4.98 Å². The smallest absolute Gasteiger partial charge is 0.125 e. The molecule has 2 heterocycles. The van der Waals surface area contributed by atoms with Gasteiger partial charge in [-0.05, 0) is 25.0 Å². The number of hydrogen-bond acceptors (Lipinski definition) is 3. The van der Waals surface area contributed by atoms with Gasteiger partial charge in [0.25, 0.3) is 0 Å². The minimum absolute atomic E-state index is 0.232. The average Bonchev–Trinajstić information content (AvgIpc) is 3.22. The topological polar surface area (TPSA) is 34.2 Å². The maximum absolute atomic E-state index is 13.4. The van der Waals surface area contributed by atoms with Gasteiger partial charge in [-0.1, -0.05) is 0 Å². The molecule has 1 aromatic heterocycles. The van der Waals surface area contributed by atoms with Crippen LogP contribution in [0, 0.1) is 5.82 Å². The van der Waals surface area contributed by atoms with E-state index in [1.165, 1.54) is 25.0 Å². The van der Waals surface area contributed by atoms with Crippen LogP contribution in [-0.4, -0.2) is 17.6 Å². The van der Waals surface area contributed by atoms with Crippen LogP contribution in [0.15, 0.2) is 18.2 Å². The van der Waals surface area contributed by atoms with Crippen LogP contribution in [0.5, 0.6) is 0 Å². The lowest BCUT2D eigenvalue weighted by Gasteiger charge is -2.21. The second-order valence-electron chi connectivity index (χ2n) is 5.29. The molecule has 0 saturated heterocycles. The van der Waals surface area contributed by atoms with E-state index in [9.17, 15) is 4.39 Å². The molecule has 3 nitrogen and oxygen atoms in total. The lowest BCUT2D eigenvalue weighted by Crippen LogP contribution is -2.16. The van der Waals surface area contributed by atoms with Crippen LogP contribution < -0.4 is 5.32 Å². The molecule has 1 saturated carbocycles. The third kappa shape index (κ3) is 1.96. The fourth-order valence-electron chi connectivity index (χ4n) is 2.63. The van der Waals surface area contributed by atoms with Gasteiger partial charge in [0.15, 0.2) is 0 Å². The summed E-state index contributed by atoms with van der Waals surface area (Å²) in [5.74, 6) is -0.232. The van der Waals surface area contributed by atoms with Crippen LogP contribution in [0.1, 0.15) is 24.1 Å². The summed E-state index contributed by atoms with van der Waals surface area (Å²) in [5, 5.41) is 4.56. The SMILES string of the molecule is Fc1ccc2c(NC3CC3)c3c(nc2c1)CCOC3. The quantitative estimate of drug-likeness (QED) is 0.899.